The van der Waals surface area contributed by atoms with E-state index >= 15 is 0 Å². The van der Waals surface area contributed by atoms with Gasteiger partial charge in [-0.25, -0.2) is 0 Å². The number of aromatic hydroxyl groups is 1. The molecule has 0 heterocycles. The molecule has 82 valence electrons. The van der Waals surface area contributed by atoms with E-state index in [1.165, 1.54) is 0 Å². The zero-order valence-corrected chi connectivity index (χ0v) is 8.97. The Morgan fingerprint density at radius 1 is 1.06 bits per heavy atom. The minimum absolute atomic E-state index is 0.114. The molecule has 0 fully saturated rings. The van der Waals surface area contributed by atoms with Crippen LogP contribution in [0.2, 0.25) is 0 Å². The van der Waals surface area contributed by atoms with E-state index in [1.807, 2.05) is 25.1 Å². The Balaban J connectivity index is 2.31. The van der Waals surface area contributed by atoms with Crippen molar-refractivity contribution < 1.29 is 9.84 Å². The summed E-state index contributed by atoms with van der Waals surface area (Å²) < 4.78 is 5.52. The van der Waals surface area contributed by atoms with Gasteiger partial charge in [0.1, 0.15) is 0 Å². The van der Waals surface area contributed by atoms with Gasteiger partial charge in [0.15, 0.2) is 17.2 Å². The SMILES string of the molecule is Cc1ccc(Oc2ccccc2N)c(O)c1. The zero-order chi connectivity index (χ0) is 11.5. The zero-order valence-electron chi connectivity index (χ0n) is 8.97. The molecule has 2 aromatic rings. The topological polar surface area (TPSA) is 55.5 Å². The summed E-state index contributed by atoms with van der Waals surface area (Å²) in [5.74, 6) is 1.06. The van der Waals surface area contributed by atoms with Crippen molar-refractivity contribution >= 4 is 5.69 Å². The van der Waals surface area contributed by atoms with Crippen LogP contribution >= 0.6 is 0 Å². The molecule has 16 heavy (non-hydrogen) atoms. The van der Waals surface area contributed by atoms with Crippen LogP contribution in [0.1, 0.15) is 5.56 Å². The highest BCUT2D eigenvalue weighted by Crippen LogP contribution is 2.33. The largest absolute Gasteiger partial charge is 0.504 e. The van der Waals surface area contributed by atoms with E-state index in [4.69, 9.17) is 10.5 Å². The number of nitrogens with two attached hydrogens (primary N) is 1. The Hall–Kier alpha value is -2.16. The Kier molecular flexibility index (Phi) is 2.68. The maximum atomic E-state index is 9.68. The number of para-hydroxylation sites is 2. The van der Waals surface area contributed by atoms with Gasteiger partial charge in [0.05, 0.1) is 5.69 Å². The minimum Gasteiger partial charge on any atom is -0.504 e. The van der Waals surface area contributed by atoms with Crippen molar-refractivity contribution in [1.29, 1.82) is 0 Å². The fraction of sp³-hybridized carbons (Fsp3) is 0.0769. The molecule has 3 heteroatoms. The van der Waals surface area contributed by atoms with E-state index in [9.17, 15) is 5.11 Å². The van der Waals surface area contributed by atoms with Crippen LogP contribution in [0, 0.1) is 6.92 Å². The van der Waals surface area contributed by atoms with E-state index in [1.54, 1.807) is 24.3 Å². The number of phenolic OH excluding ortho intramolecular Hbond substituents is 1. The molecule has 2 rings (SSSR count). The van der Waals surface area contributed by atoms with Crippen molar-refractivity contribution in [2.75, 3.05) is 5.73 Å². The maximum Gasteiger partial charge on any atom is 0.169 e. The number of benzene rings is 2. The molecule has 3 N–H and O–H groups in total. The predicted octanol–water partition coefficient (Wildman–Crippen LogP) is 3.08. The molecule has 3 nitrogen and oxygen atoms in total. The Morgan fingerprint density at radius 3 is 2.50 bits per heavy atom. The summed E-state index contributed by atoms with van der Waals surface area (Å²) in [6.45, 7) is 1.90. The first kappa shape index (κ1) is 10.4. The number of hydrogen-bond donors (Lipinski definition) is 2. The number of nitrogen functional groups attached to an aromatic ring is 1. The number of hydrogen-bond acceptors (Lipinski definition) is 3. The molecule has 0 radical (unpaired) electrons. The van der Waals surface area contributed by atoms with Gasteiger partial charge in [-0.15, -0.1) is 0 Å². The average Bonchev–Trinajstić information content (AvgIpc) is 2.25. The monoisotopic (exact) mass is 215 g/mol. The van der Waals surface area contributed by atoms with Gasteiger partial charge in [-0.3, -0.25) is 0 Å². The van der Waals surface area contributed by atoms with E-state index in [0.29, 0.717) is 17.2 Å². The first-order valence-electron chi connectivity index (χ1n) is 4.99. The highest BCUT2D eigenvalue weighted by Gasteiger charge is 2.05. The van der Waals surface area contributed by atoms with Crippen LogP contribution in [0.4, 0.5) is 5.69 Å². The molecule has 0 aliphatic heterocycles. The van der Waals surface area contributed by atoms with Crippen molar-refractivity contribution in [2.45, 2.75) is 6.92 Å². The van der Waals surface area contributed by atoms with Gasteiger partial charge < -0.3 is 15.6 Å². The Morgan fingerprint density at radius 2 is 1.81 bits per heavy atom. The smallest absolute Gasteiger partial charge is 0.169 e. The molecule has 0 atom stereocenters. The Bertz CT molecular complexity index is 509. The third-order valence-electron chi connectivity index (χ3n) is 2.25. The minimum atomic E-state index is 0.114. The van der Waals surface area contributed by atoms with Crippen molar-refractivity contribution in [3.8, 4) is 17.2 Å². The third-order valence-corrected chi connectivity index (χ3v) is 2.25. The van der Waals surface area contributed by atoms with Crippen LogP contribution < -0.4 is 10.5 Å². The first-order valence-corrected chi connectivity index (χ1v) is 4.99. The van der Waals surface area contributed by atoms with Gasteiger partial charge in [0, 0.05) is 0 Å². The van der Waals surface area contributed by atoms with Crippen molar-refractivity contribution in [3.05, 3.63) is 48.0 Å². The molecule has 0 aromatic heterocycles. The van der Waals surface area contributed by atoms with Crippen LogP contribution in [0.25, 0.3) is 0 Å². The van der Waals surface area contributed by atoms with E-state index in [0.717, 1.165) is 5.56 Å². The maximum absolute atomic E-state index is 9.68. The molecule has 0 saturated carbocycles. The van der Waals surface area contributed by atoms with E-state index in [-0.39, 0.29) is 5.75 Å². The first-order chi connectivity index (χ1) is 7.66. The molecule has 2 aromatic carbocycles. The van der Waals surface area contributed by atoms with Crippen LogP contribution in [0.5, 0.6) is 17.2 Å². The summed E-state index contributed by atoms with van der Waals surface area (Å²) >= 11 is 0. The molecule has 0 unspecified atom stereocenters. The summed E-state index contributed by atoms with van der Waals surface area (Å²) in [6, 6.07) is 12.4. The molecular weight excluding hydrogens is 202 g/mol. The van der Waals surface area contributed by atoms with E-state index in [2.05, 4.69) is 0 Å². The molecule has 0 aliphatic rings. The van der Waals surface area contributed by atoms with Crippen molar-refractivity contribution in [2.24, 2.45) is 0 Å². The number of anilines is 1. The van der Waals surface area contributed by atoms with Crippen LogP contribution in [-0.4, -0.2) is 5.11 Å². The quantitative estimate of drug-likeness (QED) is 0.757. The van der Waals surface area contributed by atoms with Gasteiger partial charge in [-0.05, 0) is 36.8 Å². The highest BCUT2D eigenvalue weighted by molar-refractivity contribution is 5.55. The molecule has 0 spiro atoms. The Labute approximate surface area is 94.1 Å². The average molecular weight is 215 g/mol. The lowest BCUT2D eigenvalue weighted by molar-refractivity contribution is 0.412. The summed E-state index contributed by atoms with van der Waals surface area (Å²) in [7, 11) is 0. The second-order valence-electron chi connectivity index (χ2n) is 3.61. The number of rotatable bonds is 2. The summed E-state index contributed by atoms with van der Waals surface area (Å²) in [6.07, 6.45) is 0. The molecule has 0 saturated heterocycles. The second-order valence-corrected chi connectivity index (χ2v) is 3.61. The lowest BCUT2D eigenvalue weighted by Crippen LogP contribution is -1.91. The lowest BCUT2D eigenvalue weighted by Gasteiger charge is -2.09. The van der Waals surface area contributed by atoms with Crippen LogP contribution in [0.3, 0.4) is 0 Å². The van der Waals surface area contributed by atoms with Gasteiger partial charge in [-0.2, -0.15) is 0 Å². The predicted molar refractivity (Wildman–Crippen MR) is 63.8 cm³/mol. The highest BCUT2D eigenvalue weighted by atomic mass is 16.5. The second kappa shape index (κ2) is 4.14. The fourth-order valence-electron chi connectivity index (χ4n) is 1.41. The number of ether oxygens (including phenoxy) is 1. The standard InChI is InChI=1S/C13H13NO2/c1-9-6-7-13(11(15)8-9)16-12-5-3-2-4-10(12)14/h2-8,15H,14H2,1H3. The molecule has 0 bridgehead atoms. The van der Waals surface area contributed by atoms with Crippen LogP contribution in [0.15, 0.2) is 42.5 Å². The number of aryl methyl sites for hydroxylation is 1. The molecule has 0 amide bonds. The molecular formula is C13H13NO2. The van der Waals surface area contributed by atoms with Gasteiger partial charge in [0.2, 0.25) is 0 Å². The third kappa shape index (κ3) is 2.08. The summed E-state index contributed by atoms with van der Waals surface area (Å²) in [5, 5.41) is 9.68. The van der Waals surface area contributed by atoms with Crippen molar-refractivity contribution in [3.63, 3.8) is 0 Å². The fourth-order valence-corrected chi connectivity index (χ4v) is 1.41. The summed E-state index contributed by atoms with van der Waals surface area (Å²) in [5.41, 5.74) is 7.26. The van der Waals surface area contributed by atoms with Crippen LogP contribution in [-0.2, 0) is 0 Å². The van der Waals surface area contributed by atoms with E-state index < -0.39 is 0 Å². The van der Waals surface area contributed by atoms with Crippen molar-refractivity contribution in [1.82, 2.24) is 0 Å². The number of phenols is 1. The lowest BCUT2D eigenvalue weighted by atomic mass is 10.2. The van der Waals surface area contributed by atoms with Gasteiger partial charge >= 0.3 is 0 Å². The normalized spacial score (nSPS) is 10.1. The molecule has 0 aliphatic carbocycles. The summed E-state index contributed by atoms with van der Waals surface area (Å²) in [4.78, 5) is 0. The van der Waals surface area contributed by atoms with Gasteiger partial charge in [-0.1, -0.05) is 18.2 Å². The van der Waals surface area contributed by atoms with Gasteiger partial charge in [0.25, 0.3) is 0 Å².